The van der Waals surface area contributed by atoms with Crippen molar-refractivity contribution in [3.8, 4) is 5.75 Å². The fraction of sp³-hybridized carbons (Fsp3) is 0.556. The first kappa shape index (κ1) is 13.5. The zero-order valence-corrected chi connectivity index (χ0v) is 13.0. The highest BCUT2D eigenvalue weighted by molar-refractivity contribution is 5.86. The van der Waals surface area contributed by atoms with E-state index in [2.05, 4.69) is 37.9 Å². The summed E-state index contributed by atoms with van der Waals surface area (Å²) >= 11 is 0. The molecule has 1 aliphatic rings. The second-order valence-corrected chi connectivity index (χ2v) is 6.78. The number of methoxy groups -OCH3 is 1. The molecule has 0 amide bonds. The molecule has 0 spiro atoms. The highest BCUT2D eigenvalue weighted by Gasteiger charge is 2.32. The molecule has 2 aromatic rings. The molecule has 20 heavy (non-hydrogen) atoms. The van der Waals surface area contributed by atoms with Gasteiger partial charge in [0.1, 0.15) is 5.75 Å². The fourth-order valence-electron chi connectivity index (χ4n) is 3.48. The molecule has 0 saturated heterocycles. The first-order chi connectivity index (χ1) is 9.55. The van der Waals surface area contributed by atoms with Gasteiger partial charge in [0.15, 0.2) is 0 Å². The summed E-state index contributed by atoms with van der Waals surface area (Å²) in [5.74, 6) is 1.74. The van der Waals surface area contributed by atoms with Crippen molar-refractivity contribution >= 4 is 10.9 Å². The molecule has 0 aliphatic heterocycles. The minimum absolute atomic E-state index is 0.431. The topological polar surface area (TPSA) is 25.0 Å². The molecule has 1 heterocycles. The molecule has 1 aromatic heterocycles. The zero-order valence-electron chi connectivity index (χ0n) is 13.0. The molecular formula is C18H25NO. The summed E-state index contributed by atoms with van der Waals surface area (Å²) in [6, 6.07) is 6.37. The van der Waals surface area contributed by atoms with Crippen molar-refractivity contribution in [2.24, 2.45) is 11.3 Å². The number of hydrogen-bond acceptors (Lipinski definition) is 1. The number of hydrogen-bond donors (Lipinski definition) is 1. The Balaban J connectivity index is 2.03. The van der Waals surface area contributed by atoms with Gasteiger partial charge in [-0.25, -0.2) is 0 Å². The molecule has 0 bridgehead atoms. The van der Waals surface area contributed by atoms with E-state index in [1.165, 1.54) is 47.8 Å². The van der Waals surface area contributed by atoms with Crippen molar-refractivity contribution < 1.29 is 4.74 Å². The van der Waals surface area contributed by atoms with Gasteiger partial charge in [-0.15, -0.1) is 0 Å². The van der Waals surface area contributed by atoms with Gasteiger partial charge in [-0.1, -0.05) is 27.2 Å². The van der Waals surface area contributed by atoms with E-state index in [4.69, 9.17) is 4.74 Å². The number of aromatic nitrogens is 1. The van der Waals surface area contributed by atoms with Crippen molar-refractivity contribution in [2.45, 2.75) is 46.5 Å². The Kier molecular flexibility index (Phi) is 3.27. The minimum atomic E-state index is 0.431. The Morgan fingerprint density at radius 2 is 2.15 bits per heavy atom. The third-order valence-electron chi connectivity index (χ3n) is 5.41. The first-order valence-corrected chi connectivity index (χ1v) is 7.72. The molecule has 1 N–H and O–H groups in total. The molecule has 2 heteroatoms. The maximum atomic E-state index is 5.38. The van der Waals surface area contributed by atoms with Crippen LogP contribution < -0.4 is 4.74 Å². The summed E-state index contributed by atoms with van der Waals surface area (Å²) in [6.45, 7) is 7.14. The maximum Gasteiger partial charge on any atom is 0.119 e. The second-order valence-electron chi connectivity index (χ2n) is 6.78. The maximum absolute atomic E-state index is 5.38. The largest absolute Gasteiger partial charge is 0.497 e. The predicted molar refractivity (Wildman–Crippen MR) is 84.4 cm³/mol. The second kappa shape index (κ2) is 4.83. The van der Waals surface area contributed by atoms with Gasteiger partial charge >= 0.3 is 0 Å². The third kappa shape index (κ3) is 2.11. The van der Waals surface area contributed by atoms with Crippen LogP contribution in [0.4, 0.5) is 0 Å². The van der Waals surface area contributed by atoms with Crippen LogP contribution in [0.5, 0.6) is 5.75 Å². The quantitative estimate of drug-likeness (QED) is 0.858. The summed E-state index contributed by atoms with van der Waals surface area (Å²) < 4.78 is 5.38. The Morgan fingerprint density at radius 1 is 1.35 bits per heavy atom. The lowest BCUT2D eigenvalue weighted by Crippen LogP contribution is -2.28. The number of H-pyrrole nitrogens is 1. The van der Waals surface area contributed by atoms with Gasteiger partial charge in [0.2, 0.25) is 0 Å². The van der Waals surface area contributed by atoms with Gasteiger partial charge in [-0.05, 0) is 54.4 Å². The summed E-state index contributed by atoms with van der Waals surface area (Å²) in [6.07, 6.45) is 4.93. The van der Waals surface area contributed by atoms with Crippen molar-refractivity contribution in [3.05, 3.63) is 29.5 Å². The Labute approximate surface area is 121 Å². The molecule has 0 fully saturated rings. The normalized spacial score (nSPS) is 19.1. The van der Waals surface area contributed by atoms with Crippen LogP contribution in [-0.2, 0) is 12.8 Å². The molecule has 1 unspecified atom stereocenters. The van der Waals surface area contributed by atoms with Crippen LogP contribution in [0.3, 0.4) is 0 Å². The van der Waals surface area contributed by atoms with Crippen LogP contribution in [0.15, 0.2) is 18.2 Å². The van der Waals surface area contributed by atoms with Crippen molar-refractivity contribution in [3.63, 3.8) is 0 Å². The summed E-state index contributed by atoms with van der Waals surface area (Å²) in [5.41, 5.74) is 4.65. The lowest BCUT2D eigenvalue weighted by atomic mass is 9.69. The number of aryl methyl sites for hydroxylation is 1. The number of nitrogens with one attached hydrogen (secondary N) is 1. The van der Waals surface area contributed by atoms with E-state index in [9.17, 15) is 0 Å². The molecule has 0 radical (unpaired) electrons. The van der Waals surface area contributed by atoms with Crippen LogP contribution >= 0.6 is 0 Å². The van der Waals surface area contributed by atoms with E-state index in [1.807, 2.05) is 6.07 Å². The van der Waals surface area contributed by atoms with Gasteiger partial charge in [0.05, 0.1) is 7.11 Å². The van der Waals surface area contributed by atoms with Gasteiger partial charge < -0.3 is 9.72 Å². The number of rotatable bonds is 3. The summed E-state index contributed by atoms with van der Waals surface area (Å²) in [4.78, 5) is 3.60. The first-order valence-electron chi connectivity index (χ1n) is 7.72. The van der Waals surface area contributed by atoms with Gasteiger partial charge in [-0.3, -0.25) is 0 Å². The van der Waals surface area contributed by atoms with Crippen molar-refractivity contribution in [2.75, 3.05) is 7.11 Å². The minimum Gasteiger partial charge on any atom is -0.497 e. The van der Waals surface area contributed by atoms with E-state index in [1.54, 1.807) is 7.11 Å². The van der Waals surface area contributed by atoms with Crippen LogP contribution in [-0.4, -0.2) is 12.1 Å². The highest BCUT2D eigenvalue weighted by atomic mass is 16.5. The lowest BCUT2D eigenvalue weighted by Gasteiger charge is -2.36. The molecule has 0 saturated carbocycles. The average Bonchev–Trinajstić information content (AvgIpc) is 2.83. The van der Waals surface area contributed by atoms with E-state index in [-0.39, 0.29) is 0 Å². The fourth-order valence-corrected chi connectivity index (χ4v) is 3.48. The molecule has 1 aromatic carbocycles. The number of aromatic amines is 1. The van der Waals surface area contributed by atoms with E-state index < -0.39 is 0 Å². The molecule has 1 atom stereocenters. The van der Waals surface area contributed by atoms with Crippen molar-refractivity contribution in [1.29, 1.82) is 0 Å². The number of fused-ring (bicyclic) bond motifs is 3. The number of ether oxygens (including phenoxy) is 1. The molecule has 2 nitrogen and oxygen atoms in total. The summed E-state index contributed by atoms with van der Waals surface area (Å²) in [5, 5.41) is 1.36. The standard InChI is InChI=1S/C18H25NO/c1-5-18(2,3)12-6-8-16-14(10-12)15-11-13(20-4)7-9-17(15)19-16/h7,9,11-12,19H,5-6,8,10H2,1-4H3. The monoisotopic (exact) mass is 271 g/mol. The third-order valence-corrected chi connectivity index (χ3v) is 5.41. The van der Waals surface area contributed by atoms with E-state index in [0.717, 1.165) is 11.7 Å². The highest BCUT2D eigenvalue weighted by Crippen LogP contribution is 2.42. The average molecular weight is 271 g/mol. The Bertz CT molecular complexity index is 624. The Morgan fingerprint density at radius 3 is 2.85 bits per heavy atom. The van der Waals surface area contributed by atoms with Crippen LogP contribution in [0, 0.1) is 11.3 Å². The van der Waals surface area contributed by atoms with Crippen LogP contribution in [0.2, 0.25) is 0 Å². The summed E-state index contributed by atoms with van der Waals surface area (Å²) in [7, 11) is 1.74. The smallest absolute Gasteiger partial charge is 0.119 e. The molecule has 108 valence electrons. The van der Waals surface area contributed by atoms with Gasteiger partial charge in [0, 0.05) is 16.6 Å². The number of benzene rings is 1. The predicted octanol–water partition coefficient (Wildman–Crippen LogP) is 4.72. The van der Waals surface area contributed by atoms with Crippen molar-refractivity contribution in [1.82, 2.24) is 4.98 Å². The molecule has 1 aliphatic carbocycles. The van der Waals surface area contributed by atoms with Crippen LogP contribution in [0.1, 0.15) is 44.9 Å². The Hall–Kier alpha value is -1.44. The van der Waals surface area contributed by atoms with Gasteiger partial charge in [0.25, 0.3) is 0 Å². The van der Waals surface area contributed by atoms with E-state index in [0.29, 0.717) is 5.41 Å². The van der Waals surface area contributed by atoms with Crippen LogP contribution in [0.25, 0.3) is 10.9 Å². The SMILES string of the molecule is CCC(C)(C)C1CCc2[nH]c3ccc(OC)cc3c2C1. The zero-order chi connectivity index (χ0) is 14.3. The lowest BCUT2D eigenvalue weighted by molar-refractivity contribution is 0.183. The molecular weight excluding hydrogens is 246 g/mol. The van der Waals surface area contributed by atoms with E-state index >= 15 is 0 Å². The molecule has 3 rings (SSSR count). The van der Waals surface area contributed by atoms with Gasteiger partial charge in [-0.2, -0.15) is 0 Å².